The number of ether oxygens (including phenoxy) is 1. The van der Waals surface area contributed by atoms with Gasteiger partial charge in [-0.15, -0.1) is 11.3 Å². The highest BCUT2D eigenvalue weighted by atomic mass is 32.1. The first-order chi connectivity index (χ1) is 8.35. The number of nitriles is 1. The second-order valence-corrected chi connectivity index (χ2v) is 4.74. The van der Waals surface area contributed by atoms with E-state index in [9.17, 15) is 5.26 Å². The molecule has 1 atom stereocenters. The Balaban J connectivity index is 2.26. The molecule has 0 radical (unpaired) electrons. The van der Waals surface area contributed by atoms with Crippen molar-refractivity contribution in [3.63, 3.8) is 0 Å². The maximum atomic E-state index is 9.30. The van der Waals surface area contributed by atoms with Crippen molar-refractivity contribution in [1.82, 2.24) is 0 Å². The first-order valence-electron chi connectivity index (χ1n) is 5.40. The molecule has 3 heteroatoms. The van der Waals surface area contributed by atoms with E-state index in [0.29, 0.717) is 0 Å². The van der Waals surface area contributed by atoms with Crippen molar-refractivity contribution in [2.24, 2.45) is 0 Å². The summed E-state index contributed by atoms with van der Waals surface area (Å²) in [5.41, 5.74) is 0.964. The fraction of sp³-hybridized carbons (Fsp3) is 0.214. The normalized spacial score (nSPS) is 11.8. The maximum Gasteiger partial charge on any atom is 0.123 e. The Morgan fingerprint density at radius 1 is 1.29 bits per heavy atom. The summed E-state index contributed by atoms with van der Waals surface area (Å²) in [6.07, 6.45) is 0.745. The van der Waals surface area contributed by atoms with Gasteiger partial charge in [0, 0.05) is 16.9 Å². The van der Waals surface area contributed by atoms with Crippen LogP contribution in [0.4, 0.5) is 0 Å². The zero-order chi connectivity index (χ0) is 12.1. The SMILES string of the molecule is COc1ccccc1C(C#N)Cc1cccs1. The Morgan fingerprint density at radius 3 is 2.76 bits per heavy atom. The average molecular weight is 243 g/mol. The number of hydrogen-bond donors (Lipinski definition) is 0. The van der Waals surface area contributed by atoms with Crippen LogP contribution in [0.15, 0.2) is 41.8 Å². The lowest BCUT2D eigenvalue weighted by Crippen LogP contribution is -2.01. The predicted molar refractivity (Wildman–Crippen MR) is 69.4 cm³/mol. The van der Waals surface area contributed by atoms with Crippen LogP contribution in [0.3, 0.4) is 0 Å². The van der Waals surface area contributed by atoms with E-state index in [1.807, 2.05) is 35.7 Å². The molecular weight excluding hydrogens is 230 g/mol. The fourth-order valence-electron chi connectivity index (χ4n) is 1.81. The van der Waals surface area contributed by atoms with Crippen LogP contribution in [0.2, 0.25) is 0 Å². The molecule has 1 aromatic heterocycles. The lowest BCUT2D eigenvalue weighted by molar-refractivity contribution is 0.408. The predicted octanol–water partition coefficient (Wildman–Crippen LogP) is 3.61. The van der Waals surface area contributed by atoms with Crippen LogP contribution in [0.1, 0.15) is 16.4 Å². The van der Waals surface area contributed by atoms with E-state index in [1.165, 1.54) is 4.88 Å². The molecule has 0 aliphatic rings. The van der Waals surface area contributed by atoms with Crippen LogP contribution in [0.5, 0.6) is 5.75 Å². The summed E-state index contributed by atoms with van der Waals surface area (Å²) >= 11 is 1.68. The average Bonchev–Trinajstić information content (AvgIpc) is 2.89. The highest BCUT2D eigenvalue weighted by molar-refractivity contribution is 7.09. The lowest BCUT2D eigenvalue weighted by atomic mass is 9.95. The number of para-hydroxylation sites is 1. The van der Waals surface area contributed by atoms with Gasteiger partial charge in [0.25, 0.3) is 0 Å². The molecule has 0 spiro atoms. The third kappa shape index (κ3) is 2.66. The smallest absolute Gasteiger partial charge is 0.123 e. The summed E-state index contributed by atoms with van der Waals surface area (Å²) in [5, 5.41) is 11.3. The van der Waals surface area contributed by atoms with Gasteiger partial charge >= 0.3 is 0 Å². The van der Waals surface area contributed by atoms with Gasteiger partial charge in [-0.25, -0.2) is 0 Å². The highest BCUT2D eigenvalue weighted by Gasteiger charge is 2.16. The summed E-state index contributed by atoms with van der Waals surface area (Å²) < 4.78 is 5.30. The fourth-order valence-corrected chi connectivity index (χ4v) is 2.56. The molecule has 0 aliphatic heterocycles. The summed E-state index contributed by atoms with van der Waals surface area (Å²) in [5.74, 6) is 0.639. The van der Waals surface area contributed by atoms with Crippen molar-refractivity contribution >= 4 is 11.3 Å². The van der Waals surface area contributed by atoms with Crippen LogP contribution in [0.25, 0.3) is 0 Å². The zero-order valence-electron chi connectivity index (χ0n) is 9.59. The molecule has 0 N–H and O–H groups in total. The molecular formula is C14H13NOS. The number of thiophene rings is 1. The topological polar surface area (TPSA) is 33.0 Å². The zero-order valence-corrected chi connectivity index (χ0v) is 10.4. The van der Waals surface area contributed by atoms with Gasteiger partial charge < -0.3 is 4.74 Å². The number of nitrogens with zero attached hydrogens (tertiary/aromatic N) is 1. The van der Waals surface area contributed by atoms with Gasteiger partial charge in [-0.1, -0.05) is 24.3 Å². The van der Waals surface area contributed by atoms with Gasteiger partial charge in [0.15, 0.2) is 0 Å². The van der Waals surface area contributed by atoms with Crippen molar-refractivity contribution in [2.75, 3.05) is 7.11 Å². The van der Waals surface area contributed by atoms with E-state index in [2.05, 4.69) is 12.1 Å². The molecule has 0 saturated heterocycles. The third-order valence-electron chi connectivity index (χ3n) is 2.66. The molecule has 1 heterocycles. The van der Waals surface area contributed by atoms with Crippen LogP contribution < -0.4 is 4.74 Å². The second-order valence-electron chi connectivity index (χ2n) is 3.71. The summed E-state index contributed by atoms with van der Waals surface area (Å²) in [7, 11) is 1.64. The Morgan fingerprint density at radius 2 is 2.12 bits per heavy atom. The molecule has 1 aromatic carbocycles. The minimum Gasteiger partial charge on any atom is -0.496 e. The monoisotopic (exact) mass is 243 g/mol. The molecule has 0 aliphatic carbocycles. The van der Waals surface area contributed by atoms with E-state index in [-0.39, 0.29) is 5.92 Å². The Labute approximate surface area is 105 Å². The van der Waals surface area contributed by atoms with E-state index < -0.39 is 0 Å². The summed E-state index contributed by atoms with van der Waals surface area (Å²) in [6.45, 7) is 0. The first-order valence-corrected chi connectivity index (χ1v) is 6.28. The summed E-state index contributed by atoms with van der Waals surface area (Å²) in [4.78, 5) is 1.22. The largest absolute Gasteiger partial charge is 0.496 e. The Kier molecular flexibility index (Phi) is 3.79. The maximum absolute atomic E-state index is 9.30. The van der Waals surface area contributed by atoms with E-state index in [0.717, 1.165) is 17.7 Å². The number of benzene rings is 1. The molecule has 2 nitrogen and oxygen atoms in total. The van der Waals surface area contributed by atoms with Gasteiger partial charge in [0.1, 0.15) is 5.75 Å². The van der Waals surface area contributed by atoms with Crippen molar-refractivity contribution in [3.8, 4) is 11.8 Å². The van der Waals surface area contributed by atoms with Gasteiger partial charge in [-0.3, -0.25) is 0 Å². The van der Waals surface area contributed by atoms with Crippen LogP contribution in [-0.2, 0) is 6.42 Å². The van der Waals surface area contributed by atoms with E-state index in [1.54, 1.807) is 18.4 Å². The van der Waals surface area contributed by atoms with Crippen molar-refractivity contribution in [2.45, 2.75) is 12.3 Å². The molecule has 0 amide bonds. The number of hydrogen-bond acceptors (Lipinski definition) is 3. The molecule has 2 aromatic rings. The first kappa shape index (κ1) is 11.7. The summed E-state index contributed by atoms with van der Waals surface area (Å²) in [6, 6.07) is 14.1. The van der Waals surface area contributed by atoms with E-state index in [4.69, 9.17) is 4.74 Å². The van der Waals surface area contributed by atoms with Gasteiger partial charge in [0.2, 0.25) is 0 Å². The quantitative estimate of drug-likeness (QED) is 0.821. The minimum atomic E-state index is -0.148. The highest BCUT2D eigenvalue weighted by Crippen LogP contribution is 2.29. The Hall–Kier alpha value is -1.79. The minimum absolute atomic E-state index is 0.148. The number of rotatable bonds is 4. The van der Waals surface area contributed by atoms with Crippen LogP contribution >= 0.6 is 11.3 Å². The number of methoxy groups -OCH3 is 1. The molecule has 0 saturated carbocycles. The van der Waals surface area contributed by atoms with Crippen molar-refractivity contribution in [1.29, 1.82) is 5.26 Å². The molecule has 17 heavy (non-hydrogen) atoms. The second kappa shape index (κ2) is 5.51. The standard InChI is InChI=1S/C14H13NOS/c1-16-14-7-3-2-6-13(14)11(10-15)9-12-5-4-8-17-12/h2-8,11H,9H2,1H3. The molecule has 86 valence electrons. The molecule has 0 bridgehead atoms. The van der Waals surface area contributed by atoms with Crippen LogP contribution in [-0.4, -0.2) is 7.11 Å². The van der Waals surface area contributed by atoms with E-state index >= 15 is 0 Å². The molecule has 0 fully saturated rings. The lowest BCUT2D eigenvalue weighted by Gasteiger charge is -2.12. The van der Waals surface area contributed by atoms with Gasteiger partial charge in [-0.2, -0.15) is 5.26 Å². The van der Waals surface area contributed by atoms with Crippen molar-refractivity contribution in [3.05, 3.63) is 52.2 Å². The van der Waals surface area contributed by atoms with Gasteiger partial charge in [-0.05, 0) is 17.5 Å². The third-order valence-corrected chi connectivity index (χ3v) is 3.55. The van der Waals surface area contributed by atoms with Crippen molar-refractivity contribution < 1.29 is 4.74 Å². The Bertz CT molecular complexity index is 513. The van der Waals surface area contributed by atoms with Crippen LogP contribution in [0, 0.1) is 11.3 Å². The van der Waals surface area contributed by atoms with Gasteiger partial charge in [0.05, 0.1) is 19.1 Å². The molecule has 2 rings (SSSR count). The molecule has 1 unspecified atom stereocenters.